The van der Waals surface area contributed by atoms with Gasteiger partial charge in [-0.3, -0.25) is 4.79 Å². The van der Waals surface area contributed by atoms with E-state index in [9.17, 15) is 4.79 Å². The van der Waals surface area contributed by atoms with E-state index in [4.69, 9.17) is 4.74 Å². The number of aromatic nitrogens is 1. The minimum absolute atomic E-state index is 0.0228. The Morgan fingerprint density at radius 1 is 1.08 bits per heavy atom. The minimum atomic E-state index is 0.0228. The highest BCUT2D eigenvalue weighted by Crippen LogP contribution is 2.30. The first-order valence-electron chi connectivity index (χ1n) is 8.90. The number of aromatic amines is 1. The summed E-state index contributed by atoms with van der Waals surface area (Å²) in [5.74, 6) is 2.35. The lowest BCUT2D eigenvalue weighted by molar-refractivity contribution is 0.0940. The van der Waals surface area contributed by atoms with Crippen molar-refractivity contribution in [3.05, 3.63) is 54.4 Å². The molecule has 1 saturated carbocycles. The monoisotopic (exact) mass is 326 g/mol. The third kappa shape index (κ3) is 4.88. The van der Waals surface area contributed by atoms with E-state index >= 15 is 0 Å². The van der Waals surface area contributed by atoms with Gasteiger partial charge in [0.25, 0.3) is 5.91 Å². The summed E-state index contributed by atoms with van der Waals surface area (Å²) >= 11 is 0. The predicted octanol–water partition coefficient (Wildman–Crippen LogP) is 4.02. The van der Waals surface area contributed by atoms with Gasteiger partial charge in [0.1, 0.15) is 5.75 Å². The summed E-state index contributed by atoms with van der Waals surface area (Å²) < 4.78 is 5.80. The number of hydrogen-bond donors (Lipinski definition) is 2. The van der Waals surface area contributed by atoms with E-state index in [-0.39, 0.29) is 5.91 Å². The van der Waals surface area contributed by atoms with Crippen molar-refractivity contribution in [3.63, 3.8) is 0 Å². The normalized spacial score (nSPS) is 20.5. The zero-order valence-corrected chi connectivity index (χ0v) is 14.0. The van der Waals surface area contributed by atoms with Crippen LogP contribution in [0.15, 0.2) is 48.8 Å². The van der Waals surface area contributed by atoms with E-state index in [1.165, 1.54) is 25.7 Å². The third-order valence-corrected chi connectivity index (χ3v) is 4.92. The molecule has 0 spiro atoms. The Hall–Kier alpha value is -2.23. The van der Waals surface area contributed by atoms with Gasteiger partial charge in [-0.2, -0.15) is 0 Å². The maximum Gasteiger partial charge on any atom is 0.252 e. The molecule has 4 nitrogen and oxygen atoms in total. The van der Waals surface area contributed by atoms with E-state index in [0.29, 0.717) is 11.5 Å². The van der Waals surface area contributed by atoms with Crippen LogP contribution in [-0.2, 0) is 0 Å². The fraction of sp³-hybridized carbons (Fsp3) is 0.450. The molecular formula is C20H26N2O2. The van der Waals surface area contributed by atoms with Crippen molar-refractivity contribution in [2.45, 2.75) is 32.1 Å². The number of H-pyrrole nitrogens is 1. The van der Waals surface area contributed by atoms with Gasteiger partial charge in [0.15, 0.2) is 0 Å². The molecule has 0 bridgehead atoms. The average Bonchev–Trinajstić information content (AvgIpc) is 3.16. The molecule has 1 heterocycles. The molecule has 1 aliphatic carbocycles. The summed E-state index contributed by atoms with van der Waals surface area (Å²) in [5, 5.41) is 3.05. The average molecular weight is 326 g/mol. The summed E-state index contributed by atoms with van der Waals surface area (Å²) in [6.07, 6.45) is 9.51. The second-order valence-corrected chi connectivity index (χ2v) is 6.65. The van der Waals surface area contributed by atoms with Crippen molar-refractivity contribution < 1.29 is 9.53 Å². The van der Waals surface area contributed by atoms with Crippen LogP contribution in [-0.4, -0.2) is 24.0 Å². The summed E-state index contributed by atoms with van der Waals surface area (Å²) in [7, 11) is 0. The molecule has 2 N–H and O–H groups in total. The Morgan fingerprint density at radius 3 is 2.54 bits per heavy atom. The molecule has 1 amide bonds. The first-order valence-corrected chi connectivity index (χ1v) is 8.90. The molecule has 0 unspecified atom stereocenters. The van der Waals surface area contributed by atoms with Gasteiger partial charge in [0.05, 0.1) is 12.2 Å². The molecule has 1 aromatic heterocycles. The number of carbonyl (C=O) groups excluding carboxylic acids is 1. The fourth-order valence-electron chi connectivity index (χ4n) is 3.39. The molecule has 0 saturated heterocycles. The highest BCUT2D eigenvalue weighted by molar-refractivity contribution is 5.93. The summed E-state index contributed by atoms with van der Waals surface area (Å²) in [6, 6.07) is 11.8. The van der Waals surface area contributed by atoms with Gasteiger partial charge in [-0.05, 0) is 62.1 Å². The SMILES string of the molecule is O=C(NCC1CCC(CCOc2ccccc2)CC1)c1cc[nH]c1. The Bertz CT molecular complexity index is 602. The Balaban J connectivity index is 1.30. The number of carbonyl (C=O) groups is 1. The van der Waals surface area contributed by atoms with Crippen molar-refractivity contribution in [1.82, 2.24) is 10.3 Å². The summed E-state index contributed by atoms with van der Waals surface area (Å²) in [6.45, 7) is 1.58. The van der Waals surface area contributed by atoms with E-state index in [2.05, 4.69) is 10.3 Å². The van der Waals surface area contributed by atoms with Crippen LogP contribution >= 0.6 is 0 Å². The molecule has 0 aliphatic heterocycles. The largest absolute Gasteiger partial charge is 0.494 e. The fourth-order valence-corrected chi connectivity index (χ4v) is 3.39. The van der Waals surface area contributed by atoms with Crippen LogP contribution in [0, 0.1) is 11.8 Å². The molecular weight excluding hydrogens is 300 g/mol. The molecule has 24 heavy (non-hydrogen) atoms. The van der Waals surface area contributed by atoms with Crippen LogP contribution in [0.1, 0.15) is 42.5 Å². The van der Waals surface area contributed by atoms with E-state index in [1.54, 1.807) is 18.5 Å². The quantitative estimate of drug-likeness (QED) is 0.807. The molecule has 0 radical (unpaired) electrons. The molecule has 1 aliphatic rings. The van der Waals surface area contributed by atoms with Gasteiger partial charge >= 0.3 is 0 Å². The second kappa shape index (κ2) is 8.57. The lowest BCUT2D eigenvalue weighted by Crippen LogP contribution is -2.31. The highest BCUT2D eigenvalue weighted by atomic mass is 16.5. The number of ether oxygens (including phenoxy) is 1. The Morgan fingerprint density at radius 2 is 1.83 bits per heavy atom. The second-order valence-electron chi connectivity index (χ2n) is 6.65. The number of para-hydroxylation sites is 1. The molecule has 128 valence electrons. The molecule has 1 fully saturated rings. The molecule has 3 rings (SSSR count). The van der Waals surface area contributed by atoms with Gasteiger partial charge in [-0.1, -0.05) is 18.2 Å². The standard InChI is InChI=1S/C20H26N2O2/c23-20(18-10-12-21-15-18)22-14-17-8-6-16(7-9-17)11-13-24-19-4-2-1-3-5-19/h1-5,10,12,15-17,21H,6-9,11,13-14H2,(H,22,23). The number of hydrogen-bond acceptors (Lipinski definition) is 2. The summed E-state index contributed by atoms with van der Waals surface area (Å²) in [4.78, 5) is 14.9. The molecule has 0 atom stereocenters. The highest BCUT2D eigenvalue weighted by Gasteiger charge is 2.21. The summed E-state index contributed by atoms with van der Waals surface area (Å²) in [5.41, 5.74) is 0.710. The van der Waals surface area contributed by atoms with Crippen molar-refractivity contribution >= 4 is 5.91 Å². The zero-order valence-electron chi connectivity index (χ0n) is 14.0. The Labute approximate surface area is 143 Å². The van der Waals surface area contributed by atoms with Crippen LogP contribution in [0.2, 0.25) is 0 Å². The van der Waals surface area contributed by atoms with Crippen molar-refractivity contribution in [2.24, 2.45) is 11.8 Å². The number of nitrogens with one attached hydrogen (secondary N) is 2. The maximum atomic E-state index is 11.9. The minimum Gasteiger partial charge on any atom is -0.494 e. The topological polar surface area (TPSA) is 54.1 Å². The zero-order chi connectivity index (χ0) is 16.6. The first kappa shape index (κ1) is 16.6. The molecule has 2 aromatic rings. The van der Waals surface area contributed by atoms with E-state index in [1.807, 2.05) is 30.3 Å². The lowest BCUT2D eigenvalue weighted by atomic mass is 9.80. The number of benzene rings is 1. The first-order chi connectivity index (χ1) is 11.8. The third-order valence-electron chi connectivity index (χ3n) is 4.92. The number of amides is 1. The predicted molar refractivity (Wildman–Crippen MR) is 95.1 cm³/mol. The smallest absolute Gasteiger partial charge is 0.252 e. The van der Waals surface area contributed by atoms with E-state index < -0.39 is 0 Å². The van der Waals surface area contributed by atoms with Gasteiger partial charge in [0, 0.05) is 18.9 Å². The van der Waals surface area contributed by atoms with Crippen molar-refractivity contribution in [3.8, 4) is 5.75 Å². The van der Waals surface area contributed by atoms with Gasteiger partial charge in [-0.15, -0.1) is 0 Å². The maximum absolute atomic E-state index is 11.9. The van der Waals surface area contributed by atoms with Crippen LogP contribution in [0.4, 0.5) is 0 Å². The Kier molecular flexibility index (Phi) is 5.94. The number of rotatable bonds is 7. The van der Waals surface area contributed by atoms with E-state index in [0.717, 1.165) is 31.2 Å². The molecule has 1 aromatic carbocycles. The molecule has 4 heteroatoms. The van der Waals surface area contributed by atoms with Crippen LogP contribution < -0.4 is 10.1 Å². The lowest BCUT2D eigenvalue weighted by Gasteiger charge is -2.28. The van der Waals surface area contributed by atoms with Gasteiger partial charge < -0.3 is 15.0 Å². The van der Waals surface area contributed by atoms with Gasteiger partial charge in [-0.25, -0.2) is 0 Å². The van der Waals surface area contributed by atoms with Crippen molar-refractivity contribution in [1.29, 1.82) is 0 Å². The van der Waals surface area contributed by atoms with Crippen molar-refractivity contribution in [2.75, 3.05) is 13.2 Å². The van der Waals surface area contributed by atoms with Crippen LogP contribution in [0.5, 0.6) is 5.75 Å². The van der Waals surface area contributed by atoms with Crippen LogP contribution in [0.3, 0.4) is 0 Å². The van der Waals surface area contributed by atoms with Crippen LogP contribution in [0.25, 0.3) is 0 Å². The van der Waals surface area contributed by atoms with Gasteiger partial charge in [0.2, 0.25) is 0 Å².